The first-order chi connectivity index (χ1) is 11.3. The molecule has 23 heavy (non-hydrogen) atoms. The number of amides is 1. The van der Waals surface area contributed by atoms with E-state index in [-0.39, 0.29) is 12.5 Å². The molecule has 0 saturated heterocycles. The predicted molar refractivity (Wildman–Crippen MR) is 84.2 cm³/mol. The van der Waals surface area contributed by atoms with E-state index in [1.54, 1.807) is 6.20 Å². The summed E-state index contributed by atoms with van der Waals surface area (Å²) in [6.45, 7) is 0.771. The first-order valence-corrected chi connectivity index (χ1v) is 7.90. The van der Waals surface area contributed by atoms with Gasteiger partial charge in [0.15, 0.2) is 11.5 Å². The lowest BCUT2D eigenvalue weighted by Crippen LogP contribution is -2.47. The largest absolute Gasteiger partial charge is 0.485 e. The van der Waals surface area contributed by atoms with Gasteiger partial charge in [-0.1, -0.05) is 18.2 Å². The van der Waals surface area contributed by atoms with Crippen LogP contribution in [0.15, 0.2) is 48.7 Å². The van der Waals surface area contributed by atoms with Gasteiger partial charge in [0, 0.05) is 12.2 Å². The molecule has 2 aliphatic rings. The lowest BCUT2D eigenvalue weighted by atomic mass is 10.2. The van der Waals surface area contributed by atoms with Crippen LogP contribution in [0.3, 0.4) is 0 Å². The third-order valence-electron chi connectivity index (χ3n) is 4.11. The predicted octanol–water partition coefficient (Wildman–Crippen LogP) is 2.41. The average molecular weight is 310 g/mol. The van der Waals surface area contributed by atoms with Crippen molar-refractivity contribution in [2.24, 2.45) is 0 Å². The zero-order valence-corrected chi connectivity index (χ0v) is 12.7. The molecular weight excluding hydrogens is 292 g/mol. The highest BCUT2D eigenvalue weighted by atomic mass is 16.6. The van der Waals surface area contributed by atoms with Crippen LogP contribution >= 0.6 is 0 Å². The summed E-state index contributed by atoms with van der Waals surface area (Å²) in [6, 6.07) is 13.5. The van der Waals surface area contributed by atoms with Gasteiger partial charge in [0.2, 0.25) is 6.10 Å². The summed E-state index contributed by atoms with van der Waals surface area (Å²) in [5.41, 5.74) is 0.893. The van der Waals surface area contributed by atoms with Gasteiger partial charge in [-0.15, -0.1) is 0 Å². The normalized spacial score (nSPS) is 19.2. The minimum absolute atomic E-state index is 0.0207. The Hall–Kier alpha value is -2.56. The lowest BCUT2D eigenvalue weighted by molar-refractivity contribution is -0.142. The van der Waals surface area contributed by atoms with E-state index >= 15 is 0 Å². The number of benzene rings is 1. The Morgan fingerprint density at radius 2 is 1.91 bits per heavy atom. The summed E-state index contributed by atoms with van der Waals surface area (Å²) >= 11 is 0. The van der Waals surface area contributed by atoms with Gasteiger partial charge in [-0.25, -0.2) is 0 Å². The zero-order chi connectivity index (χ0) is 15.6. The Balaban J connectivity index is 1.50. The highest BCUT2D eigenvalue weighted by Gasteiger charge is 2.38. The molecule has 1 atom stereocenters. The molecule has 1 aliphatic heterocycles. The van der Waals surface area contributed by atoms with Crippen molar-refractivity contribution in [3.05, 3.63) is 54.4 Å². The molecule has 1 saturated carbocycles. The third-order valence-corrected chi connectivity index (χ3v) is 4.11. The van der Waals surface area contributed by atoms with Crippen LogP contribution in [0, 0.1) is 0 Å². The Labute approximate surface area is 134 Å². The van der Waals surface area contributed by atoms with Crippen molar-refractivity contribution in [3.8, 4) is 11.5 Å². The van der Waals surface area contributed by atoms with Gasteiger partial charge in [0.1, 0.15) is 6.61 Å². The number of hydrogen-bond acceptors (Lipinski definition) is 4. The summed E-state index contributed by atoms with van der Waals surface area (Å²) < 4.78 is 11.5. The highest BCUT2D eigenvalue weighted by Crippen LogP contribution is 2.33. The van der Waals surface area contributed by atoms with Crippen LogP contribution < -0.4 is 9.47 Å². The minimum atomic E-state index is -0.589. The molecule has 0 spiro atoms. The maximum Gasteiger partial charge on any atom is 0.267 e. The molecule has 1 aromatic heterocycles. The fourth-order valence-electron chi connectivity index (χ4n) is 2.77. The molecule has 4 rings (SSSR count). The second-order valence-corrected chi connectivity index (χ2v) is 5.88. The lowest BCUT2D eigenvalue weighted by Gasteiger charge is -2.30. The smallest absolute Gasteiger partial charge is 0.267 e. The maximum atomic E-state index is 12.9. The van der Waals surface area contributed by atoms with Crippen LogP contribution in [0.1, 0.15) is 18.5 Å². The van der Waals surface area contributed by atoms with Gasteiger partial charge < -0.3 is 14.4 Å². The molecule has 1 aliphatic carbocycles. The zero-order valence-electron chi connectivity index (χ0n) is 12.7. The van der Waals surface area contributed by atoms with Crippen LogP contribution in [0.4, 0.5) is 0 Å². The van der Waals surface area contributed by atoms with Crippen molar-refractivity contribution in [1.29, 1.82) is 0 Å². The van der Waals surface area contributed by atoms with E-state index in [1.807, 2.05) is 47.4 Å². The monoisotopic (exact) mass is 310 g/mol. The number of aromatic nitrogens is 1. The van der Waals surface area contributed by atoms with E-state index in [0.717, 1.165) is 18.5 Å². The van der Waals surface area contributed by atoms with Gasteiger partial charge >= 0.3 is 0 Å². The summed E-state index contributed by atoms with van der Waals surface area (Å²) in [7, 11) is 0. The van der Waals surface area contributed by atoms with Crippen LogP contribution in [-0.4, -0.2) is 34.5 Å². The molecule has 5 nitrogen and oxygen atoms in total. The van der Waals surface area contributed by atoms with Crippen molar-refractivity contribution in [3.63, 3.8) is 0 Å². The first-order valence-electron chi connectivity index (χ1n) is 7.90. The second kappa shape index (κ2) is 5.91. The number of fused-ring (bicyclic) bond motifs is 1. The van der Waals surface area contributed by atoms with Crippen LogP contribution in [0.5, 0.6) is 11.5 Å². The Morgan fingerprint density at radius 1 is 1.13 bits per heavy atom. The first kappa shape index (κ1) is 14.1. The fraction of sp³-hybridized carbons (Fsp3) is 0.333. The number of hydrogen-bond donors (Lipinski definition) is 0. The van der Waals surface area contributed by atoms with E-state index in [4.69, 9.17) is 9.47 Å². The molecular formula is C18H18N2O3. The van der Waals surface area contributed by atoms with Crippen molar-refractivity contribution >= 4 is 5.91 Å². The molecule has 5 heteroatoms. The fourth-order valence-corrected chi connectivity index (χ4v) is 2.77. The molecule has 0 N–H and O–H groups in total. The topological polar surface area (TPSA) is 51.7 Å². The minimum Gasteiger partial charge on any atom is -0.485 e. The van der Waals surface area contributed by atoms with Gasteiger partial charge in [-0.2, -0.15) is 0 Å². The van der Waals surface area contributed by atoms with Crippen LogP contribution in [-0.2, 0) is 11.3 Å². The van der Waals surface area contributed by atoms with Crippen molar-refractivity contribution in [2.45, 2.75) is 31.5 Å². The molecule has 1 aromatic carbocycles. The number of nitrogens with zero attached hydrogens (tertiary/aromatic N) is 2. The molecule has 118 valence electrons. The number of carbonyl (C=O) groups excluding carboxylic acids is 1. The van der Waals surface area contributed by atoms with Crippen LogP contribution in [0.2, 0.25) is 0 Å². The average Bonchev–Trinajstić information content (AvgIpc) is 3.44. The Bertz CT molecular complexity index is 700. The molecule has 1 amide bonds. The van der Waals surface area contributed by atoms with Gasteiger partial charge in [0.05, 0.1) is 12.2 Å². The summed E-state index contributed by atoms with van der Waals surface area (Å²) in [5, 5.41) is 0. The van der Waals surface area contributed by atoms with Gasteiger partial charge in [-0.3, -0.25) is 9.78 Å². The molecule has 2 heterocycles. The molecule has 2 aromatic rings. The van der Waals surface area contributed by atoms with Crippen molar-refractivity contribution < 1.29 is 14.3 Å². The molecule has 0 radical (unpaired) electrons. The maximum absolute atomic E-state index is 12.9. The Morgan fingerprint density at radius 3 is 2.65 bits per heavy atom. The third kappa shape index (κ3) is 2.99. The summed E-state index contributed by atoms with van der Waals surface area (Å²) in [6.07, 6.45) is 3.25. The standard InChI is InChI=1S/C18H18N2O3/c21-18(17-12-22-15-6-1-2-7-16(15)23-17)20(14-8-9-14)11-13-5-3-4-10-19-13/h1-7,10,14,17H,8-9,11-12H2/t17-/m1/s1. The highest BCUT2D eigenvalue weighted by molar-refractivity contribution is 5.82. The van der Waals surface area contributed by atoms with E-state index < -0.39 is 6.10 Å². The van der Waals surface area contributed by atoms with E-state index in [2.05, 4.69) is 4.98 Å². The number of para-hydroxylation sites is 2. The van der Waals surface area contributed by atoms with Gasteiger partial charge in [-0.05, 0) is 37.1 Å². The van der Waals surface area contributed by atoms with Crippen molar-refractivity contribution in [2.75, 3.05) is 6.61 Å². The SMILES string of the molecule is O=C([C@H]1COc2ccccc2O1)N(Cc1ccccn1)C1CC1. The van der Waals surface area contributed by atoms with Crippen molar-refractivity contribution in [1.82, 2.24) is 9.88 Å². The molecule has 0 bridgehead atoms. The summed E-state index contributed by atoms with van der Waals surface area (Å²) in [5.74, 6) is 1.30. The second-order valence-electron chi connectivity index (χ2n) is 5.88. The van der Waals surface area contributed by atoms with E-state index in [0.29, 0.717) is 24.1 Å². The molecule has 0 unspecified atom stereocenters. The Kier molecular flexibility index (Phi) is 3.61. The summed E-state index contributed by atoms with van der Waals surface area (Å²) in [4.78, 5) is 19.1. The number of pyridine rings is 1. The number of ether oxygens (including phenoxy) is 2. The number of carbonyl (C=O) groups is 1. The van der Waals surface area contributed by atoms with Crippen LogP contribution in [0.25, 0.3) is 0 Å². The van der Waals surface area contributed by atoms with E-state index in [1.165, 1.54) is 0 Å². The number of rotatable bonds is 4. The molecule has 1 fully saturated rings. The van der Waals surface area contributed by atoms with E-state index in [9.17, 15) is 4.79 Å². The quantitative estimate of drug-likeness (QED) is 0.870. The van der Waals surface area contributed by atoms with Gasteiger partial charge in [0.25, 0.3) is 5.91 Å².